The van der Waals surface area contributed by atoms with E-state index in [1.165, 1.54) is 0 Å². The van der Waals surface area contributed by atoms with Gasteiger partial charge in [0.1, 0.15) is 6.61 Å². The highest BCUT2D eigenvalue weighted by atomic mass is 16.5. The fraction of sp³-hybridized carbons (Fsp3) is 0.615. The Morgan fingerprint density at radius 3 is 3.25 bits per heavy atom. The standard InChI is InChI=1S/C13H18N4O3/c18-12-8-20-11-1-5-17(7-10(11)15-12)13(19)2-4-16-6-3-14-9-16/h3,6,9-11H,1-2,4-5,7-8H2,(H,15,18)/t10-,11+/m0/s1. The Bertz CT molecular complexity index is 488. The van der Waals surface area contributed by atoms with Crippen LogP contribution < -0.4 is 5.32 Å². The Balaban J connectivity index is 1.52. The van der Waals surface area contributed by atoms with Gasteiger partial charge in [0, 0.05) is 38.4 Å². The highest BCUT2D eigenvalue weighted by molar-refractivity contribution is 5.79. The number of morpholine rings is 1. The van der Waals surface area contributed by atoms with E-state index in [0.717, 1.165) is 6.42 Å². The van der Waals surface area contributed by atoms with Crippen LogP contribution in [0.4, 0.5) is 0 Å². The summed E-state index contributed by atoms with van der Waals surface area (Å²) < 4.78 is 7.36. The summed E-state index contributed by atoms with van der Waals surface area (Å²) in [6.45, 7) is 2.00. The molecule has 7 nitrogen and oxygen atoms in total. The summed E-state index contributed by atoms with van der Waals surface area (Å²) >= 11 is 0. The number of rotatable bonds is 3. The van der Waals surface area contributed by atoms with Crippen molar-refractivity contribution in [2.75, 3.05) is 19.7 Å². The number of ether oxygens (including phenoxy) is 1. The van der Waals surface area contributed by atoms with Crippen molar-refractivity contribution in [3.05, 3.63) is 18.7 Å². The summed E-state index contributed by atoms with van der Waals surface area (Å²) in [5.41, 5.74) is 0. The predicted octanol–water partition coefficient (Wildman–Crippen LogP) is -0.611. The SMILES string of the molecule is O=C1CO[C@@H]2CCN(C(=O)CCn3ccnc3)C[C@@H]2N1. The monoisotopic (exact) mass is 278 g/mol. The van der Waals surface area contributed by atoms with Gasteiger partial charge in [-0.15, -0.1) is 0 Å². The normalized spacial score (nSPS) is 26.0. The molecular weight excluding hydrogens is 260 g/mol. The van der Waals surface area contributed by atoms with Gasteiger partial charge in [-0.1, -0.05) is 0 Å². The number of amides is 2. The van der Waals surface area contributed by atoms with Gasteiger partial charge in [-0.05, 0) is 6.42 Å². The molecule has 2 amide bonds. The first-order valence-corrected chi connectivity index (χ1v) is 6.87. The maximum absolute atomic E-state index is 12.2. The molecule has 108 valence electrons. The quantitative estimate of drug-likeness (QED) is 0.800. The van der Waals surface area contributed by atoms with Crippen LogP contribution in [0, 0.1) is 0 Å². The fourth-order valence-electron chi connectivity index (χ4n) is 2.73. The molecule has 1 aromatic rings. The Morgan fingerprint density at radius 2 is 2.45 bits per heavy atom. The van der Waals surface area contributed by atoms with E-state index in [2.05, 4.69) is 10.3 Å². The van der Waals surface area contributed by atoms with Gasteiger partial charge < -0.3 is 19.5 Å². The molecule has 3 rings (SSSR count). The number of carbonyl (C=O) groups is 2. The molecule has 2 aliphatic heterocycles. The van der Waals surface area contributed by atoms with Crippen molar-refractivity contribution in [3.63, 3.8) is 0 Å². The molecule has 0 aliphatic carbocycles. The van der Waals surface area contributed by atoms with Gasteiger partial charge in [-0.3, -0.25) is 9.59 Å². The Hall–Kier alpha value is -1.89. The number of fused-ring (bicyclic) bond motifs is 1. The lowest BCUT2D eigenvalue weighted by Gasteiger charge is -2.41. The van der Waals surface area contributed by atoms with Crippen LogP contribution in [0.1, 0.15) is 12.8 Å². The molecule has 1 N–H and O–H groups in total. The first kappa shape index (κ1) is 13.1. The molecule has 3 heterocycles. The van der Waals surface area contributed by atoms with Crippen LogP contribution in [-0.4, -0.2) is 58.1 Å². The topological polar surface area (TPSA) is 76.5 Å². The second-order valence-corrected chi connectivity index (χ2v) is 5.20. The van der Waals surface area contributed by atoms with Crippen molar-refractivity contribution < 1.29 is 14.3 Å². The van der Waals surface area contributed by atoms with E-state index < -0.39 is 0 Å². The highest BCUT2D eigenvalue weighted by Crippen LogP contribution is 2.18. The molecule has 20 heavy (non-hydrogen) atoms. The van der Waals surface area contributed by atoms with Crippen molar-refractivity contribution in [1.29, 1.82) is 0 Å². The average Bonchev–Trinajstić information content (AvgIpc) is 2.97. The van der Waals surface area contributed by atoms with Crippen molar-refractivity contribution in [3.8, 4) is 0 Å². The van der Waals surface area contributed by atoms with Gasteiger partial charge in [0.2, 0.25) is 11.8 Å². The number of imidazole rings is 1. The summed E-state index contributed by atoms with van der Waals surface area (Å²) in [4.78, 5) is 29.3. The molecule has 0 unspecified atom stereocenters. The number of nitrogens with zero attached hydrogens (tertiary/aromatic N) is 3. The van der Waals surface area contributed by atoms with Crippen molar-refractivity contribution >= 4 is 11.8 Å². The van der Waals surface area contributed by atoms with Crippen LogP contribution in [0.15, 0.2) is 18.7 Å². The van der Waals surface area contributed by atoms with Gasteiger partial charge in [0.15, 0.2) is 0 Å². The number of likely N-dealkylation sites (tertiary alicyclic amines) is 1. The Kier molecular flexibility index (Phi) is 3.68. The Morgan fingerprint density at radius 1 is 1.55 bits per heavy atom. The number of nitrogens with one attached hydrogen (secondary N) is 1. The molecule has 7 heteroatoms. The van der Waals surface area contributed by atoms with Gasteiger partial charge in [-0.2, -0.15) is 0 Å². The van der Waals surface area contributed by atoms with E-state index in [0.29, 0.717) is 26.1 Å². The van der Waals surface area contributed by atoms with Crippen LogP contribution in [0.3, 0.4) is 0 Å². The molecule has 0 aromatic carbocycles. The fourth-order valence-corrected chi connectivity index (χ4v) is 2.73. The third-order valence-electron chi connectivity index (χ3n) is 3.82. The van der Waals surface area contributed by atoms with E-state index in [9.17, 15) is 9.59 Å². The maximum Gasteiger partial charge on any atom is 0.246 e. The maximum atomic E-state index is 12.2. The van der Waals surface area contributed by atoms with E-state index in [-0.39, 0.29) is 30.6 Å². The number of aryl methyl sites for hydroxylation is 1. The third kappa shape index (κ3) is 2.82. The highest BCUT2D eigenvalue weighted by Gasteiger charge is 2.35. The second kappa shape index (κ2) is 5.62. The third-order valence-corrected chi connectivity index (χ3v) is 3.82. The number of aromatic nitrogens is 2. The second-order valence-electron chi connectivity index (χ2n) is 5.20. The zero-order chi connectivity index (χ0) is 13.9. The van der Waals surface area contributed by atoms with Crippen molar-refractivity contribution in [1.82, 2.24) is 19.8 Å². The molecule has 0 saturated carbocycles. The summed E-state index contributed by atoms with van der Waals surface area (Å²) in [5, 5.41) is 2.90. The minimum atomic E-state index is -0.0982. The molecule has 2 atom stereocenters. The summed E-state index contributed by atoms with van der Waals surface area (Å²) in [5.74, 6) is 0.0101. The minimum Gasteiger partial charge on any atom is -0.366 e. The van der Waals surface area contributed by atoms with Gasteiger partial charge in [0.25, 0.3) is 0 Å². The summed E-state index contributed by atoms with van der Waals surface area (Å²) in [6, 6.07) is -0.0674. The first-order chi connectivity index (χ1) is 9.72. The lowest BCUT2D eigenvalue weighted by Crippen LogP contribution is -2.61. The number of hydrogen-bond acceptors (Lipinski definition) is 4. The summed E-state index contributed by atoms with van der Waals surface area (Å²) in [7, 11) is 0. The lowest BCUT2D eigenvalue weighted by molar-refractivity contribution is -0.146. The molecular formula is C13H18N4O3. The van der Waals surface area contributed by atoms with E-state index in [4.69, 9.17) is 4.74 Å². The summed E-state index contributed by atoms with van der Waals surface area (Å²) in [6.07, 6.45) is 6.52. The van der Waals surface area contributed by atoms with Gasteiger partial charge in [0.05, 0.1) is 18.5 Å². The van der Waals surface area contributed by atoms with Gasteiger partial charge in [-0.25, -0.2) is 4.98 Å². The first-order valence-electron chi connectivity index (χ1n) is 6.87. The van der Waals surface area contributed by atoms with Crippen LogP contribution in [0.5, 0.6) is 0 Å². The molecule has 0 radical (unpaired) electrons. The molecule has 1 aromatic heterocycles. The largest absolute Gasteiger partial charge is 0.366 e. The minimum absolute atomic E-state index is 0.0467. The van der Waals surface area contributed by atoms with E-state index in [1.54, 1.807) is 12.5 Å². The zero-order valence-corrected chi connectivity index (χ0v) is 11.2. The van der Waals surface area contributed by atoms with Gasteiger partial charge >= 0.3 is 0 Å². The Labute approximate surface area is 116 Å². The number of carbonyl (C=O) groups excluding carboxylic acids is 2. The molecule has 2 fully saturated rings. The van der Waals surface area contributed by atoms with Crippen LogP contribution >= 0.6 is 0 Å². The number of hydrogen-bond donors (Lipinski definition) is 1. The molecule has 0 spiro atoms. The van der Waals surface area contributed by atoms with Crippen LogP contribution in [0.25, 0.3) is 0 Å². The molecule has 0 bridgehead atoms. The van der Waals surface area contributed by atoms with Crippen molar-refractivity contribution in [2.45, 2.75) is 31.5 Å². The van der Waals surface area contributed by atoms with Crippen LogP contribution in [-0.2, 0) is 20.9 Å². The molecule has 2 saturated heterocycles. The van der Waals surface area contributed by atoms with E-state index >= 15 is 0 Å². The average molecular weight is 278 g/mol. The number of piperidine rings is 1. The predicted molar refractivity (Wildman–Crippen MR) is 69.7 cm³/mol. The van der Waals surface area contributed by atoms with E-state index in [1.807, 2.05) is 15.7 Å². The van der Waals surface area contributed by atoms with Crippen LogP contribution in [0.2, 0.25) is 0 Å². The lowest BCUT2D eigenvalue weighted by atomic mass is 10.0. The smallest absolute Gasteiger partial charge is 0.246 e. The zero-order valence-electron chi connectivity index (χ0n) is 11.2. The molecule has 2 aliphatic rings. The van der Waals surface area contributed by atoms with Crippen molar-refractivity contribution in [2.24, 2.45) is 0 Å².